The lowest BCUT2D eigenvalue weighted by atomic mass is 10.0. The van der Waals surface area contributed by atoms with Gasteiger partial charge in [0.05, 0.1) is 5.69 Å². The Kier molecular flexibility index (Phi) is 5.05. The normalized spacial score (nSPS) is 17.1. The Morgan fingerprint density at radius 2 is 2.10 bits per heavy atom. The van der Waals surface area contributed by atoms with Gasteiger partial charge in [-0.1, -0.05) is 6.92 Å². The van der Waals surface area contributed by atoms with E-state index in [2.05, 4.69) is 39.7 Å². The van der Waals surface area contributed by atoms with Gasteiger partial charge in [0.15, 0.2) is 0 Å². The molecule has 0 atom stereocenters. The van der Waals surface area contributed by atoms with Crippen molar-refractivity contribution in [1.82, 2.24) is 4.90 Å². The van der Waals surface area contributed by atoms with E-state index in [0.717, 1.165) is 16.6 Å². The van der Waals surface area contributed by atoms with E-state index in [1.165, 1.54) is 31.6 Å². The smallest absolute Gasteiger partial charge is 0.122 e. The van der Waals surface area contributed by atoms with E-state index in [9.17, 15) is 0 Å². The number of hydrogen-bond donors (Lipinski definition) is 2. The monoisotopic (exact) mass is 338 g/mol. The van der Waals surface area contributed by atoms with Gasteiger partial charge >= 0.3 is 0 Å². The summed E-state index contributed by atoms with van der Waals surface area (Å²) in [5.74, 6) is 0.108. The summed E-state index contributed by atoms with van der Waals surface area (Å²) in [6.07, 6.45) is 2.40. The van der Waals surface area contributed by atoms with Gasteiger partial charge in [-0.15, -0.1) is 0 Å². The summed E-state index contributed by atoms with van der Waals surface area (Å²) < 4.78 is 1.01. The molecule has 20 heavy (non-hydrogen) atoms. The Hall–Kier alpha value is -1.07. The molecule has 0 amide bonds. The van der Waals surface area contributed by atoms with Gasteiger partial charge in [0.2, 0.25) is 0 Å². The summed E-state index contributed by atoms with van der Waals surface area (Å²) in [6.45, 7) is 5.72. The number of halogens is 1. The van der Waals surface area contributed by atoms with Crippen LogP contribution in [0.25, 0.3) is 0 Å². The molecular formula is C15H23BrN4. The van der Waals surface area contributed by atoms with Crippen molar-refractivity contribution < 1.29 is 0 Å². The van der Waals surface area contributed by atoms with Crippen LogP contribution in [0.2, 0.25) is 0 Å². The molecule has 0 unspecified atom stereocenters. The largest absolute Gasteiger partial charge is 0.384 e. The Bertz CT molecular complexity index is 481. The van der Waals surface area contributed by atoms with Gasteiger partial charge in [-0.25, -0.2) is 0 Å². The summed E-state index contributed by atoms with van der Waals surface area (Å²) in [5, 5.41) is 7.49. The summed E-state index contributed by atoms with van der Waals surface area (Å²) >= 11 is 3.60. The molecule has 1 saturated heterocycles. The summed E-state index contributed by atoms with van der Waals surface area (Å²) in [7, 11) is 2.15. The van der Waals surface area contributed by atoms with Crippen molar-refractivity contribution in [2.75, 3.05) is 31.6 Å². The lowest BCUT2D eigenvalue weighted by Gasteiger charge is -2.37. The van der Waals surface area contributed by atoms with Crippen molar-refractivity contribution >= 4 is 27.5 Å². The number of anilines is 1. The predicted octanol–water partition coefficient (Wildman–Crippen LogP) is 2.65. The van der Waals surface area contributed by atoms with Crippen LogP contribution in [-0.2, 0) is 0 Å². The van der Waals surface area contributed by atoms with Crippen LogP contribution < -0.4 is 10.6 Å². The molecule has 0 bridgehead atoms. The minimum Gasteiger partial charge on any atom is -0.384 e. The van der Waals surface area contributed by atoms with Crippen LogP contribution in [0.1, 0.15) is 25.3 Å². The number of piperidine rings is 1. The lowest BCUT2D eigenvalue weighted by molar-refractivity contribution is 0.221. The highest BCUT2D eigenvalue weighted by molar-refractivity contribution is 9.10. The first-order valence-corrected chi connectivity index (χ1v) is 7.91. The molecule has 4 nitrogen and oxygen atoms in total. The first-order valence-electron chi connectivity index (χ1n) is 7.12. The van der Waals surface area contributed by atoms with Crippen molar-refractivity contribution in [3.05, 3.63) is 28.2 Å². The zero-order valence-electron chi connectivity index (χ0n) is 12.2. The van der Waals surface area contributed by atoms with E-state index in [1.54, 1.807) is 0 Å². The summed E-state index contributed by atoms with van der Waals surface area (Å²) in [4.78, 5) is 4.85. The fraction of sp³-hybridized carbons (Fsp3) is 0.533. The Morgan fingerprint density at radius 3 is 2.60 bits per heavy atom. The molecule has 0 aliphatic carbocycles. The van der Waals surface area contributed by atoms with Gasteiger partial charge in [0.1, 0.15) is 5.84 Å². The highest BCUT2D eigenvalue weighted by Gasteiger charge is 2.22. The van der Waals surface area contributed by atoms with E-state index in [0.29, 0.717) is 6.04 Å². The zero-order chi connectivity index (χ0) is 14.7. The van der Waals surface area contributed by atoms with Crippen LogP contribution in [0.3, 0.4) is 0 Å². The van der Waals surface area contributed by atoms with Crippen LogP contribution in [-0.4, -0.2) is 43.5 Å². The minimum absolute atomic E-state index is 0.108. The van der Waals surface area contributed by atoms with E-state index in [1.807, 2.05) is 18.2 Å². The van der Waals surface area contributed by atoms with Crippen LogP contribution in [0, 0.1) is 5.41 Å². The molecule has 3 N–H and O–H groups in total. The number of nitrogens with two attached hydrogens (primary N) is 1. The van der Waals surface area contributed by atoms with Crippen LogP contribution >= 0.6 is 15.9 Å². The molecule has 110 valence electrons. The minimum atomic E-state index is 0.108. The average molecular weight is 339 g/mol. The molecule has 0 aromatic heterocycles. The van der Waals surface area contributed by atoms with Crippen molar-refractivity contribution in [1.29, 1.82) is 5.41 Å². The third-order valence-corrected chi connectivity index (χ3v) is 4.83. The van der Waals surface area contributed by atoms with Gasteiger partial charge in [0, 0.05) is 36.2 Å². The number of hydrogen-bond acceptors (Lipinski definition) is 3. The number of likely N-dealkylation sites (tertiary alicyclic amines) is 1. The molecule has 1 heterocycles. The maximum atomic E-state index is 7.49. The van der Waals surface area contributed by atoms with Crippen molar-refractivity contribution in [3.8, 4) is 0 Å². The molecule has 5 heteroatoms. The SMILES string of the molecule is CCN1CCC(N(C)c2ccc(C(=N)N)cc2Br)CC1. The molecule has 1 fully saturated rings. The third kappa shape index (κ3) is 3.33. The van der Waals surface area contributed by atoms with Crippen molar-refractivity contribution in [2.45, 2.75) is 25.8 Å². The molecule has 0 radical (unpaired) electrons. The number of nitrogens with one attached hydrogen (secondary N) is 1. The van der Waals surface area contributed by atoms with E-state index >= 15 is 0 Å². The molecule has 1 aromatic rings. The Morgan fingerprint density at radius 1 is 1.45 bits per heavy atom. The Labute approximate surface area is 129 Å². The lowest BCUT2D eigenvalue weighted by Crippen LogP contribution is -2.43. The summed E-state index contributed by atoms with van der Waals surface area (Å²) in [6, 6.07) is 6.47. The van der Waals surface area contributed by atoms with Gasteiger partial charge < -0.3 is 15.5 Å². The average Bonchev–Trinajstić information content (AvgIpc) is 2.46. The zero-order valence-corrected chi connectivity index (χ0v) is 13.8. The molecule has 0 saturated carbocycles. The van der Waals surface area contributed by atoms with Crippen LogP contribution in [0.4, 0.5) is 5.69 Å². The first-order chi connectivity index (χ1) is 9.52. The van der Waals surface area contributed by atoms with Gasteiger partial charge in [-0.3, -0.25) is 5.41 Å². The van der Waals surface area contributed by atoms with Crippen LogP contribution in [0.5, 0.6) is 0 Å². The number of rotatable bonds is 4. The molecule has 1 aliphatic rings. The number of amidine groups is 1. The van der Waals surface area contributed by atoms with Gasteiger partial charge in [-0.2, -0.15) is 0 Å². The fourth-order valence-electron chi connectivity index (χ4n) is 2.78. The fourth-order valence-corrected chi connectivity index (χ4v) is 3.44. The second-order valence-electron chi connectivity index (χ2n) is 5.36. The van der Waals surface area contributed by atoms with Crippen molar-refractivity contribution in [3.63, 3.8) is 0 Å². The third-order valence-electron chi connectivity index (χ3n) is 4.19. The highest BCUT2D eigenvalue weighted by atomic mass is 79.9. The predicted molar refractivity (Wildman–Crippen MR) is 88.7 cm³/mol. The van der Waals surface area contributed by atoms with Gasteiger partial charge in [-0.05, 0) is 53.5 Å². The maximum Gasteiger partial charge on any atom is 0.122 e. The molecule has 1 aliphatic heterocycles. The topological polar surface area (TPSA) is 56.4 Å². The second-order valence-corrected chi connectivity index (χ2v) is 6.21. The van der Waals surface area contributed by atoms with Gasteiger partial charge in [0.25, 0.3) is 0 Å². The van der Waals surface area contributed by atoms with E-state index in [4.69, 9.17) is 11.1 Å². The molecule has 0 spiro atoms. The molecular weight excluding hydrogens is 316 g/mol. The summed E-state index contributed by atoms with van der Waals surface area (Å²) in [5.41, 5.74) is 7.46. The van der Waals surface area contributed by atoms with E-state index in [-0.39, 0.29) is 5.84 Å². The quantitative estimate of drug-likeness (QED) is 0.655. The molecule has 2 rings (SSSR count). The first kappa shape index (κ1) is 15.3. The number of nitrogens with zero attached hydrogens (tertiary/aromatic N) is 2. The number of benzene rings is 1. The van der Waals surface area contributed by atoms with Crippen molar-refractivity contribution in [2.24, 2.45) is 5.73 Å². The second kappa shape index (κ2) is 6.59. The van der Waals surface area contributed by atoms with E-state index < -0.39 is 0 Å². The standard InChI is InChI=1S/C15H23BrN4/c1-3-20-8-6-12(7-9-20)19(2)14-5-4-11(15(17)18)10-13(14)16/h4-5,10,12H,3,6-9H2,1-2H3,(H3,17,18). The van der Waals surface area contributed by atoms with Crippen LogP contribution in [0.15, 0.2) is 22.7 Å². The maximum absolute atomic E-state index is 7.49. The molecule has 1 aromatic carbocycles. The highest BCUT2D eigenvalue weighted by Crippen LogP contribution is 2.30. The number of nitrogen functional groups attached to an aromatic ring is 1. The Balaban J connectivity index is 2.09.